The van der Waals surface area contributed by atoms with Crippen molar-refractivity contribution in [3.8, 4) is 0 Å². The highest BCUT2D eigenvalue weighted by Gasteiger charge is 2.24. The minimum atomic E-state index is 0.359. The number of rotatable bonds is 3. The monoisotopic (exact) mass is 283 g/mol. The lowest BCUT2D eigenvalue weighted by Crippen LogP contribution is -2.37. The van der Waals surface area contributed by atoms with Crippen LogP contribution in [0.4, 0.5) is 5.69 Å². The molecular formula is C13H18BrNO. The molecule has 2 rings (SSSR count). The van der Waals surface area contributed by atoms with E-state index >= 15 is 0 Å². The highest BCUT2D eigenvalue weighted by Crippen LogP contribution is 2.24. The molecule has 3 heteroatoms. The van der Waals surface area contributed by atoms with Gasteiger partial charge in [0.15, 0.2) is 0 Å². The Morgan fingerprint density at radius 3 is 2.56 bits per heavy atom. The van der Waals surface area contributed by atoms with Gasteiger partial charge in [0.1, 0.15) is 0 Å². The Bertz CT molecular complexity index is 325. The fourth-order valence-electron chi connectivity index (χ4n) is 2.30. The Kier molecular flexibility index (Phi) is 4.24. The molecule has 16 heavy (non-hydrogen) atoms. The Hall–Kier alpha value is -0.540. The molecule has 0 spiro atoms. The number of methoxy groups -OCH3 is 1. The number of hydrogen-bond acceptors (Lipinski definition) is 2. The Labute approximate surface area is 106 Å². The molecule has 0 amide bonds. The van der Waals surface area contributed by atoms with Crippen LogP contribution in [0, 0.1) is 0 Å². The van der Waals surface area contributed by atoms with E-state index in [9.17, 15) is 0 Å². The highest BCUT2D eigenvalue weighted by atomic mass is 79.9. The first-order valence-electron chi connectivity index (χ1n) is 5.84. The molecule has 1 aliphatic carbocycles. The predicted octanol–water partition coefficient (Wildman–Crippen LogP) is 3.82. The average Bonchev–Trinajstić information content (AvgIpc) is 2.33. The van der Waals surface area contributed by atoms with Gasteiger partial charge in [-0.3, -0.25) is 0 Å². The van der Waals surface area contributed by atoms with Gasteiger partial charge in [-0.2, -0.15) is 0 Å². The third-order valence-corrected chi connectivity index (χ3v) is 3.73. The van der Waals surface area contributed by atoms with Crippen molar-refractivity contribution in [2.24, 2.45) is 0 Å². The SMILES string of the molecule is COC1CCCCC1Nc1ccc(Br)cc1. The van der Waals surface area contributed by atoms with E-state index in [4.69, 9.17) is 4.74 Å². The third kappa shape index (κ3) is 2.98. The second-order valence-electron chi connectivity index (χ2n) is 4.32. The molecule has 1 aromatic carbocycles. The zero-order valence-corrected chi connectivity index (χ0v) is 11.2. The van der Waals surface area contributed by atoms with Gasteiger partial charge in [-0.15, -0.1) is 0 Å². The first-order chi connectivity index (χ1) is 7.79. The molecule has 1 N–H and O–H groups in total. The van der Waals surface area contributed by atoms with E-state index in [1.54, 1.807) is 0 Å². The molecule has 1 aromatic rings. The Balaban J connectivity index is 1.99. The summed E-state index contributed by atoms with van der Waals surface area (Å²) in [6, 6.07) is 8.79. The average molecular weight is 284 g/mol. The molecule has 0 aliphatic heterocycles. The smallest absolute Gasteiger partial charge is 0.0772 e. The summed E-state index contributed by atoms with van der Waals surface area (Å²) in [6.45, 7) is 0. The zero-order chi connectivity index (χ0) is 11.4. The molecular weight excluding hydrogens is 266 g/mol. The van der Waals surface area contributed by atoms with Gasteiger partial charge in [0.25, 0.3) is 0 Å². The maximum atomic E-state index is 5.53. The van der Waals surface area contributed by atoms with Crippen LogP contribution >= 0.6 is 15.9 Å². The molecule has 1 aliphatic rings. The molecule has 2 nitrogen and oxygen atoms in total. The fraction of sp³-hybridized carbons (Fsp3) is 0.538. The van der Waals surface area contributed by atoms with E-state index in [0.29, 0.717) is 12.1 Å². The number of anilines is 1. The summed E-state index contributed by atoms with van der Waals surface area (Å²) in [5, 5.41) is 3.56. The number of hydrogen-bond donors (Lipinski definition) is 1. The number of benzene rings is 1. The zero-order valence-electron chi connectivity index (χ0n) is 9.58. The summed E-state index contributed by atoms with van der Waals surface area (Å²) in [6.07, 6.45) is 5.32. The summed E-state index contributed by atoms with van der Waals surface area (Å²) in [5.74, 6) is 0. The number of halogens is 1. The second kappa shape index (κ2) is 5.69. The van der Waals surface area contributed by atoms with Crippen molar-refractivity contribution >= 4 is 21.6 Å². The summed E-state index contributed by atoms with van der Waals surface area (Å²) in [4.78, 5) is 0. The summed E-state index contributed by atoms with van der Waals surface area (Å²) in [5.41, 5.74) is 1.18. The van der Waals surface area contributed by atoms with Crippen molar-refractivity contribution in [3.05, 3.63) is 28.7 Å². The van der Waals surface area contributed by atoms with Crippen LogP contribution in [-0.2, 0) is 4.74 Å². The van der Waals surface area contributed by atoms with Crippen LogP contribution in [0.15, 0.2) is 28.7 Å². The first-order valence-corrected chi connectivity index (χ1v) is 6.64. The largest absolute Gasteiger partial charge is 0.380 e. The van der Waals surface area contributed by atoms with Crippen LogP contribution in [0.3, 0.4) is 0 Å². The fourth-order valence-corrected chi connectivity index (χ4v) is 2.57. The Morgan fingerprint density at radius 2 is 1.88 bits per heavy atom. The molecule has 0 saturated heterocycles. The van der Waals surface area contributed by atoms with E-state index in [1.807, 2.05) is 7.11 Å². The second-order valence-corrected chi connectivity index (χ2v) is 5.23. The van der Waals surface area contributed by atoms with Crippen LogP contribution in [0.25, 0.3) is 0 Å². The molecule has 0 heterocycles. The minimum Gasteiger partial charge on any atom is -0.380 e. The van der Waals surface area contributed by atoms with Crippen molar-refractivity contribution in [2.75, 3.05) is 12.4 Å². The molecule has 88 valence electrons. The molecule has 1 saturated carbocycles. The molecule has 2 unspecified atom stereocenters. The topological polar surface area (TPSA) is 21.3 Å². The quantitative estimate of drug-likeness (QED) is 0.911. The highest BCUT2D eigenvalue weighted by molar-refractivity contribution is 9.10. The first kappa shape index (κ1) is 11.9. The minimum absolute atomic E-state index is 0.359. The van der Waals surface area contributed by atoms with E-state index < -0.39 is 0 Å². The molecule has 2 atom stereocenters. The Morgan fingerprint density at radius 1 is 1.19 bits per heavy atom. The van der Waals surface area contributed by atoms with Crippen LogP contribution in [0.5, 0.6) is 0 Å². The van der Waals surface area contributed by atoms with Crippen molar-refractivity contribution in [1.82, 2.24) is 0 Å². The predicted molar refractivity (Wildman–Crippen MR) is 70.8 cm³/mol. The molecule has 0 bridgehead atoms. The lowest BCUT2D eigenvalue weighted by Gasteiger charge is -2.31. The van der Waals surface area contributed by atoms with Crippen molar-refractivity contribution in [1.29, 1.82) is 0 Å². The van der Waals surface area contributed by atoms with E-state index in [0.717, 1.165) is 4.47 Å². The van der Waals surface area contributed by atoms with Crippen LogP contribution in [0.1, 0.15) is 25.7 Å². The van der Waals surface area contributed by atoms with Gasteiger partial charge in [-0.1, -0.05) is 28.8 Å². The summed E-state index contributed by atoms with van der Waals surface area (Å²) >= 11 is 3.44. The third-order valence-electron chi connectivity index (χ3n) is 3.20. The van der Waals surface area contributed by atoms with E-state index in [1.165, 1.54) is 31.4 Å². The van der Waals surface area contributed by atoms with Crippen molar-refractivity contribution in [3.63, 3.8) is 0 Å². The van der Waals surface area contributed by atoms with Crippen LogP contribution in [0.2, 0.25) is 0 Å². The van der Waals surface area contributed by atoms with E-state index in [2.05, 4.69) is 45.5 Å². The van der Waals surface area contributed by atoms with Crippen molar-refractivity contribution in [2.45, 2.75) is 37.8 Å². The lowest BCUT2D eigenvalue weighted by molar-refractivity contribution is 0.0606. The molecule has 0 radical (unpaired) electrons. The lowest BCUT2D eigenvalue weighted by atomic mass is 9.92. The standard InChI is InChI=1S/C13H18BrNO/c1-16-13-5-3-2-4-12(13)15-11-8-6-10(14)7-9-11/h6-9,12-13,15H,2-5H2,1H3. The maximum Gasteiger partial charge on any atom is 0.0772 e. The maximum absolute atomic E-state index is 5.53. The summed E-state index contributed by atoms with van der Waals surface area (Å²) in [7, 11) is 1.81. The van der Waals surface area contributed by atoms with Crippen molar-refractivity contribution < 1.29 is 4.74 Å². The van der Waals surface area contributed by atoms with Crippen LogP contribution in [-0.4, -0.2) is 19.3 Å². The van der Waals surface area contributed by atoms with E-state index in [-0.39, 0.29) is 0 Å². The van der Waals surface area contributed by atoms with Gasteiger partial charge in [0, 0.05) is 17.3 Å². The van der Waals surface area contributed by atoms with Gasteiger partial charge in [-0.25, -0.2) is 0 Å². The number of ether oxygens (including phenoxy) is 1. The molecule has 0 aromatic heterocycles. The van der Waals surface area contributed by atoms with Gasteiger partial charge in [-0.05, 0) is 37.1 Å². The van der Waals surface area contributed by atoms with Gasteiger partial charge in [0.2, 0.25) is 0 Å². The van der Waals surface area contributed by atoms with Gasteiger partial charge in [0.05, 0.1) is 12.1 Å². The molecule has 1 fully saturated rings. The van der Waals surface area contributed by atoms with Crippen LogP contribution < -0.4 is 5.32 Å². The van der Waals surface area contributed by atoms with Gasteiger partial charge < -0.3 is 10.1 Å². The number of nitrogens with one attached hydrogen (secondary N) is 1. The summed E-state index contributed by atoms with van der Waals surface area (Å²) < 4.78 is 6.64. The normalized spacial score (nSPS) is 25.4. The van der Waals surface area contributed by atoms with Gasteiger partial charge >= 0.3 is 0 Å².